The summed E-state index contributed by atoms with van der Waals surface area (Å²) in [6, 6.07) is 3.32. The predicted molar refractivity (Wildman–Crippen MR) is 72.7 cm³/mol. The molecule has 1 unspecified atom stereocenters. The van der Waals surface area contributed by atoms with E-state index in [2.05, 4.69) is 0 Å². The molecule has 1 aromatic rings. The van der Waals surface area contributed by atoms with Gasteiger partial charge in [0, 0.05) is 18.0 Å². The van der Waals surface area contributed by atoms with Gasteiger partial charge in [0.1, 0.15) is 11.5 Å². The maximum Gasteiger partial charge on any atom is 0.303 e. The van der Waals surface area contributed by atoms with Gasteiger partial charge in [-0.3, -0.25) is 4.79 Å². The molecule has 0 amide bonds. The van der Waals surface area contributed by atoms with Gasteiger partial charge in [0.15, 0.2) is 0 Å². The number of carbonyl (C=O) groups is 1. The lowest BCUT2D eigenvalue weighted by molar-refractivity contribution is -0.137. The van der Waals surface area contributed by atoms with Crippen molar-refractivity contribution >= 4 is 5.97 Å². The Labute approximate surface area is 113 Å². The molecule has 1 rings (SSSR count). The van der Waals surface area contributed by atoms with Crippen LogP contribution in [0.2, 0.25) is 0 Å². The second-order valence-corrected chi connectivity index (χ2v) is 4.33. The number of carboxylic acids is 1. The molecule has 5 heteroatoms. The minimum Gasteiger partial charge on any atom is -0.496 e. The molecule has 0 aliphatic heterocycles. The monoisotopic (exact) mass is 267 g/mol. The van der Waals surface area contributed by atoms with Crippen molar-refractivity contribution in [2.75, 3.05) is 13.7 Å². The minimum absolute atomic E-state index is 0.0299. The van der Waals surface area contributed by atoms with Gasteiger partial charge in [0.25, 0.3) is 0 Å². The van der Waals surface area contributed by atoms with Crippen molar-refractivity contribution in [3.8, 4) is 11.5 Å². The van der Waals surface area contributed by atoms with Crippen LogP contribution in [0, 0.1) is 6.92 Å². The fourth-order valence-electron chi connectivity index (χ4n) is 1.89. The Kier molecular flexibility index (Phi) is 5.63. The first-order chi connectivity index (χ1) is 8.99. The number of hydrogen-bond acceptors (Lipinski definition) is 4. The average molecular weight is 267 g/mol. The number of carboxylic acid groups (broad SMARTS) is 1. The normalized spacial score (nSPS) is 12.0. The number of benzene rings is 1. The van der Waals surface area contributed by atoms with Gasteiger partial charge < -0.3 is 20.3 Å². The second kappa shape index (κ2) is 6.99. The standard InChI is InChI=1S/C14H21NO4/c1-4-19-12-8-10(11(15)5-6-14(16)17)13(18-3)7-9(12)2/h7-8,11H,4-6,15H2,1-3H3,(H,16,17). The zero-order valence-corrected chi connectivity index (χ0v) is 11.6. The highest BCUT2D eigenvalue weighted by Gasteiger charge is 2.16. The zero-order valence-electron chi connectivity index (χ0n) is 11.6. The van der Waals surface area contributed by atoms with Gasteiger partial charge in [-0.25, -0.2) is 0 Å². The van der Waals surface area contributed by atoms with E-state index in [9.17, 15) is 4.79 Å². The van der Waals surface area contributed by atoms with E-state index >= 15 is 0 Å². The first kappa shape index (κ1) is 15.3. The Hall–Kier alpha value is -1.75. The Morgan fingerprint density at radius 2 is 2.11 bits per heavy atom. The molecule has 0 heterocycles. The third-order valence-corrected chi connectivity index (χ3v) is 2.90. The van der Waals surface area contributed by atoms with Crippen LogP contribution in [0.5, 0.6) is 11.5 Å². The molecule has 1 aromatic carbocycles. The zero-order chi connectivity index (χ0) is 14.4. The van der Waals surface area contributed by atoms with E-state index < -0.39 is 5.97 Å². The molecule has 19 heavy (non-hydrogen) atoms. The van der Waals surface area contributed by atoms with E-state index in [0.29, 0.717) is 18.8 Å². The van der Waals surface area contributed by atoms with Crippen molar-refractivity contribution in [1.82, 2.24) is 0 Å². The molecule has 106 valence electrons. The molecular weight excluding hydrogens is 246 g/mol. The number of ether oxygens (including phenoxy) is 2. The smallest absolute Gasteiger partial charge is 0.303 e. The average Bonchev–Trinajstić information content (AvgIpc) is 2.38. The van der Waals surface area contributed by atoms with Crippen LogP contribution in [-0.2, 0) is 4.79 Å². The molecule has 1 atom stereocenters. The topological polar surface area (TPSA) is 81.8 Å². The summed E-state index contributed by atoms with van der Waals surface area (Å²) in [5, 5.41) is 8.71. The first-order valence-electron chi connectivity index (χ1n) is 6.28. The fourth-order valence-corrected chi connectivity index (χ4v) is 1.89. The molecule has 0 aliphatic rings. The molecule has 0 spiro atoms. The summed E-state index contributed by atoms with van der Waals surface area (Å²) in [7, 11) is 1.57. The Morgan fingerprint density at radius 3 is 2.63 bits per heavy atom. The van der Waals surface area contributed by atoms with Crippen LogP contribution in [0.15, 0.2) is 12.1 Å². The molecule has 3 N–H and O–H groups in total. The summed E-state index contributed by atoms with van der Waals surface area (Å²) < 4.78 is 10.8. The van der Waals surface area contributed by atoms with Crippen molar-refractivity contribution in [1.29, 1.82) is 0 Å². The van der Waals surface area contributed by atoms with Crippen LogP contribution in [0.1, 0.15) is 36.9 Å². The van der Waals surface area contributed by atoms with Gasteiger partial charge in [-0.2, -0.15) is 0 Å². The van der Waals surface area contributed by atoms with Gasteiger partial charge in [0.2, 0.25) is 0 Å². The largest absolute Gasteiger partial charge is 0.496 e. The number of nitrogens with two attached hydrogens (primary N) is 1. The highest BCUT2D eigenvalue weighted by Crippen LogP contribution is 2.33. The van der Waals surface area contributed by atoms with E-state index in [1.54, 1.807) is 7.11 Å². The summed E-state index contributed by atoms with van der Waals surface area (Å²) in [6.07, 6.45) is 0.391. The molecule has 0 saturated heterocycles. The number of aliphatic carboxylic acids is 1. The lowest BCUT2D eigenvalue weighted by atomic mass is 9.99. The third-order valence-electron chi connectivity index (χ3n) is 2.90. The Morgan fingerprint density at radius 1 is 1.42 bits per heavy atom. The maximum atomic E-state index is 10.6. The van der Waals surface area contributed by atoms with Crippen LogP contribution in [0.3, 0.4) is 0 Å². The summed E-state index contributed by atoms with van der Waals surface area (Å²) in [5.74, 6) is 0.564. The molecule has 0 radical (unpaired) electrons. The molecule has 0 bridgehead atoms. The van der Waals surface area contributed by atoms with E-state index in [1.165, 1.54) is 0 Å². The van der Waals surface area contributed by atoms with Gasteiger partial charge in [-0.15, -0.1) is 0 Å². The van der Waals surface area contributed by atoms with Gasteiger partial charge in [-0.1, -0.05) is 0 Å². The molecule has 0 aliphatic carbocycles. The van der Waals surface area contributed by atoms with Gasteiger partial charge in [-0.05, 0) is 38.0 Å². The third kappa shape index (κ3) is 4.13. The van der Waals surface area contributed by atoms with Crippen molar-refractivity contribution in [2.45, 2.75) is 32.7 Å². The molecule has 5 nitrogen and oxygen atoms in total. The minimum atomic E-state index is -0.855. The Bertz CT molecular complexity index is 445. The van der Waals surface area contributed by atoms with Crippen molar-refractivity contribution in [3.63, 3.8) is 0 Å². The summed E-state index contributed by atoms with van der Waals surface area (Å²) in [4.78, 5) is 10.6. The van der Waals surface area contributed by atoms with E-state index in [4.69, 9.17) is 20.3 Å². The quantitative estimate of drug-likeness (QED) is 0.792. The fraction of sp³-hybridized carbons (Fsp3) is 0.500. The van der Waals surface area contributed by atoms with Crippen LogP contribution in [-0.4, -0.2) is 24.8 Å². The second-order valence-electron chi connectivity index (χ2n) is 4.33. The van der Waals surface area contributed by atoms with Crippen LogP contribution < -0.4 is 15.2 Å². The van der Waals surface area contributed by atoms with Crippen LogP contribution in [0.25, 0.3) is 0 Å². The highest BCUT2D eigenvalue weighted by molar-refractivity contribution is 5.66. The summed E-state index contributed by atoms with van der Waals surface area (Å²) in [6.45, 7) is 4.41. The molecule has 0 saturated carbocycles. The van der Waals surface area contributed by atoms with E-state index in [0.717, 1.165) is 16.9 Å². The molecule has 0 fully saturated rings. The lowest BCUT2D eigenvalue weighted by Crippen LogP contribution is -2.14. The molecule has 0 aromatic heterocycles. The van der Waals surface area contributed by atoms with Crippen LogP contribution >= 0.6 is 0 Å². The predicted octanol–water partition coefficient (Wildman–Crippen LogP) is 2.27. The number of methoxy groups -OCH3 is 1. The number of aryl methyl sites for hydroxylation is 1. The lowest BCUT2D eigenvalue weighted by Gasteiger charge is -2.18. The van der Waals surface area contributed by atoms with Gasteiger partial charge >= 0.3 is 5.97 Å². The Balaban J connectivity index is 3.01. The SMILES string of the molecule is CCOc1cc(C(N)CCC(=O)O)c(OC)cc1C. The van der Waals surface area contributed by atoms with E-state index in [1.807, 2.05) is 26.0 Å². The van der Waals surface area contributed by atoms with Crippen molar-refractivity contribution < 1.29 is 19.4 Å². The first-order valence-corrected chi connectivity index (χ1v) is 6.28. The van der Waals surface area contributed by atoms with Crippen molar-refractivity contribution in [2.24, 2.45) is 5.73 Å². The van der Waals surface area contributed by atoms with Crippen LogP contribution in [0.4, 0.5) is 0 Å². The van der Waals surface area contributed by atoms with Gasteiger partial charge in [0.05, 0.1) is 13.7 Å². The summed E-state index contributed by atoms with van der Waals surface area (Å²) in [5.41, 5.74) is 7.78. The summed E-state index contributed by atoms with van der Waals surface area (Å²) >= 11 is 0. The number of rotatable bonds is 7. The number of hydrogen-bond donors (Lipinski definition) is 2. The van der Waals surface area contributed by atoms with Crippen molar-refractivity contribution in [3.05, 3.63) is 23.3 Å². The van der Waals surface area contributed by atoms with E-state index in [-0.39, 0.29) is 12.5 Å². The highest BCUT2D eigenvalue weighted by atomic mass is 16.5. The maximum absolute atomic E-state index is 10.6. The molecular formula is C14H21NO4.